The van der Waals surface area contributed by atoms with E-state index < -0.39 is 0 Å². The van der Waals surface area contributed by atoms with Crippen LogP contribution < -0.4 is 0 Å². The Bertz CT molecular complexity index is 920. The number of aromatic nitrogens is 1. The quantitative estimate of drug-likeness (QED) is 0.673. The Hall–Kier alpha value is -2.39. The number of hydrogen-bond donors (Lipinski definition) is 1. The maximum Gasteiger partial charge on any atom is 0.0980 e. The molecular formula is C18H14ClN3. The fourth-order valence-corrected chi connectivity index (χ4v) is 2.94. The summed E-state index contributed by atoms with van der Waals surface area (Å²) in [4.78, 5) is 13.0. The maximum atomic E-state index is 6.16. The number of aliphatic imine (C=N–C) groups is 2. The number of hydrogen-bond acceptors (Lipinski definition) is 2. The molecule has 22 heavy (non-hydrogen) atoms. The van der Waals surface area contributed by atoms with E-state index in [1.165, 1.54) is 0 Å². The van der Waals surface area contributed by atoms with E-state index in [0.717, 1.165) is 39.3 Å². The summed E-state index contributed by atoms with van der Waals surface area (Å²) in [6.07, 6.45) is 0. The smallest absolute Gasteiger partial charge is 0.0980 e. The Morgan fingerprint density at radius 1 is 1.09 bits per heavy atom. The van der Waals surface area contributed by atoms with Gasteiger partial charge >= 0.3 is 0 Å². The van der Waals surface area contributed by atoms with E-state index in [0.29, 0.717) is 11.6 Å². The van der Waals surface area contributed by atoms with E-state index in [-0.39, 0.29) is 0 Å². The van der Waals surface area contributed by atoms with Crippen molar-refractivity contribution in [1.82, 2.24) is 4.98 Å². The molecule has 0 amide bonds. The molecule has 0 radical (unpaired) electrons. The van der Waals surface area contributed by atoms with Crippen LogP contribution in [-0.2, 0) is 0 Å². The SMILES string of the molecule is CC1=Nc2c([nH]c3ccc(Cl)cc23)C(c2ccccc2)=NC1. The number of benzene rings is 2. The lowest BCUT2D eigenvalue weighted by Crippen LogP contribution is -2.05. The van der Waals surface area contributed by atoms with Gasteiger partial charge in [-0.1, -0.05) is 41.9 Å². The van der Waals surface area contributed by atoms with E-state index >= 15 is 0 Å². The van der Waals surface area contributed by atoms with Gasteiger partial charge in [-0.25, -0.2) is 0 Å². The highest BCUT2D eigenvalue weighted by atomic mass is 35.5. The second kappa shape index (κ2) is 5.11. The summed E-state index contributed by atoms with van der Waals surface area (Å²) in [5, 5.41) is 1.75. The van der Waals surface area contributed by atoms with Crippen molar-refractivity contribution in [3.63, 3.8) is 0 Å². The third kappa shape index (κ3) is 2.14. The first-order valence-corrected chi connectivity index (χ1v) is 7.56. The molecule has 0 unspecified atom stereocenters. The monoisotopic (exact) mass is 307 g/mol. The van der Waals surface area contributed by atoms with Crippen LogP contribution >= 0.6 is 11.6 Å². The largest absolute Gasteiger partial charge is 0.351 e. The third-order valence-electron chi connectivity index (χ3n) is 3.79. The number of H-pyrrole nitrogens is 1. The van der Waals surface area contributed by atoms with Gasteiger partial charge in [0, 0.05) is 27.2 Å². The van der Waals surface area contributed by atoms with Gasteiger partial charge in [-0.15, -0.1) is 0 Å². The van der Waals surface area contributed by atoms with Crippen molar-refractivity contribution in [1.29, 1.82) is 0 Å². The maximum absolute atomic E-state index is 6.16. The van der Waals surface area contributed by atoms with Gasteiger partial charge in [0.2, 0.25) is 0 Å². The van der Waals surface area contributed by atoms with Gasteiger partial charge in [-0.2, -0.15) is 0 Å². The van der Waals surface area contributed by atoms with E-state index in [9.17, 15) is 0 Å². The van der Waals surface area contributed by atoms with Gasteiger partial charge in [0.25, 0.3) is 0 Å². The van der Waals surface area contributed by atoms with Crippen LogP contribution in [0.1, 0.15) is 18.2 Å². The highest BCUT2D eigenvalue weighted by Gasteiger charge is 2.19. The molecule has 1 aliphatic heterocycles. The lowest BCUT2D eigenvalue weighted by Gasteiger charge is -2.04. The molecular weight excluding hydrogens is 294 g/mol. The van der Waals surface area contributed by atoms with Gasteiger partial charge in [-0.3, -0.25) is 9.98 Å². The molecule has 1 aliphatic rings. The van der Waals surface area contributed by atoms with E-state index in [2.05, 4.69) is 17.1 Å². The molecule has 1 aromatic heterocycles. The van der Waals surface area contributed by atoms with Gasteiger partial charge in [0.1, 0.15) is 0 Å². The Balaban J connectivity index is 2.02. The zero-order valence-corrected chi connectivity index (χ0v) is 12.9. The number of nitrogens with one attached hydrogen (secondary N) is 1. The Labute approximate surface area is 133 Å². The van der Waals surface area contributed by atoms with Crippen molar-refractivity contribution in [3.8, 4) is 0 Å². The second-order valence-electron chi connectivity index (χ2n) is 5.42. The fourth-order valence-electron chi connectivity index (χ4n) is 2.77. The van der Waals surface area contributed by atoms with Crippen molar-refractivity contribution in [2.75, 3.05) is 6.54 Å². The molecule has 0 spiro atoms. The summed E-state index contributed by atoms with van der Waals surface area (Å²) >= 11 is 6.16. The van der Waals surface area contributed by atoms with Gasteiger partial charge in [0.05, 0.1) is 23.6 Å². The highest BCUT2D eigenvalue weighted by molar-refractivity contribution is 6.31. The molecule has 1 N–H and O–H groups in total. The molecule has 3 nitrogen and oxygen atoms in total. The second-order valence-corrected chi connectivity index (χ2v) is 5.85. The van der Waals surface area contributed by atoms with Gasteiger partial charge in [-0.05, 0) is 25.1 Å². The molecule has 0 fully saturated rings. The Morgan fingerprint density at radius 2 is 1.91 bits per heavy atom. The Kier molecular flexibility index (Phi) is 3.09. The first kappa shape index (κ1) is 13.3. The number of aromatic amines is 1. The minimum Gasteiger partial charge on any atom is -0.351 e. The Morgan fingerprint density at radius 3 is 2.73 bits per heavy atom. The average molecular weight is 308 g/mol. The van der Waals surface area contributed by atoms with Gasteiger partial charge in [0.15, 0.2) is 0 Å². The zero-order valence-electron chi connectivity index (χ0n) is 12.1. The van der Waals surface area contributed by atoms with E-state index in [1.807, 2.05) is 43.3 Å². The molecule has 0 aliphatic carbocycles. The van der Waals surface area contributed by atoms with Crippen molar-refractivity contribution in [3.05, 3.63) is 64.8 Å². The van der Waals surface area contributed by atoms with Crippen molar-refractivity contribution in [2.24, 2.45) is 9.98 Å². The molecule has 3 aromatic rings. The number of fused-ring (bicyclic) bond motifs is 3. The van der Waals surface area contributed by atoms with Crippen LogP contribution in [0.4, 0.5) is 5.69 Å². The molecule has 108 valence electrons. The molecule has 2 heterocycles. The predicted molar refractivity (Wildman–Crippen MR) is 93.0 cm³/mol. The topological polar surface area (TPSA) is 40.5 Å². The minimum atomic E-state index is 0.606. The molecule has 4 rings (SSSR count). The lowest BCUT2D eigenvalue weighted by atomic mass is 10.1. The molecule has 2 aromatic carbocycles. The van der Waals surface area contributed by atoms with Crippen molar-refractivity contribution < 1.29 is 0 Å². The van der Waals surface area contributed by atoms with Crippen LogP contribution in [0, 0.1) is 0 Å². The van der Waals surface area contributed by atoms with Crippen LogP contribution in [0.15, 0.2) is 58.5 Å². The third-order valence-corrected chi connectivity index (χ3v) is 4.02. The normalized spacial score (nSPS) is 14.3. The number of halogens is 1. The molecule has 0 saturated heterocycles. The van der Waals surface area contributed by atoms with E-state index in [1.54, 1.807) is 0 Å². The molecule has 0 saturated carbocycles. The standard InChI is InChI=1S/C18H14ClN3/c1-11-10-20-16(12-5-3-2-4-6-12)18-17(21-11)14-9-13(19)7-8-15(14)22-18/h2-9,22H,10H2,1H3. The van der Waals surface area contributed by atoms with Crippen LogP contribution in [0.2, 0.25) is 5.02 Å². The first-order chi connectivity index (χ1) is 10.7. The van der Waals surface area contributed by atoms with Crippen LogP contribution in [-0.4, -0.2) is 23.0 Å². The number of rotatable bonds is 1. The first-order valence-electron chi connectivity index (χ1n) is 7.18. The predicted octanol–water partition coefficient (Wildman–Crippen LogP) is 4.76. The number of nitrogens with zero attached hydrogens (tertiary/aromatic N) is 2. The summed E-state index contributed by atoms with van der Waals surface area (Å²) in [7, 11) is 0. The summed E-state index contributed by atoms with van der Waals surface area (Å²) in [6.45, 7) is 2.61. The van der Waals surface area contributed by atoms with Gasteiger partial charge < -0.3 is 4.98 Å². The summed E-state index contributed by atoms with van der Waals surface area (Å²) in [5.74, 6) is 0. The van der Waals surface area contributed by atoms with Crippen LogP contribution in [0.5, 0.6) is 0 Å². The van der Waals surface area contributed by atoms with Crippen LogP contribution in [0.3, 0.4) is 0 Å². The average Bonchev–Trinajstić information content (AvgIpc) is 2.77. The van der Waals surface area contributed by atoms with E-state index in [4.69, 9.17) is 21.6 Å². The summed E-state index contributed by atoms with van der Waals surface area (Å²) in [6, 6.07) is 16.0. The van der Waals surface area contributed by atoms with Crippen LogP contribution in [0.25, 0.3) is 10.9 Å². The lowest BCUT2D eigenvalue weighted by molar-refractivity contribution is 1.27. The summed E-state index contributed by atoms with van der Waals surface area (Å²) in [5.41, 5.74) is 5.94. The van der Waals surface area contributed by atoms with Crippen molar-refractivity contribution >= 4 is 39.6 Å². The fraction of sp³-hybridized carbons (Fsp3) is 0.111. The van der Waals surface area contributed by atoms with Crippen molar-refractivity contribution in [2.45, 2.75) is 6.92 Å². The highest BCUT2D eigenvalue weighted by Crippen LogP contribution is 2.35. The minimum absolute atomic E-state index is 0.606. The summed E-state index contributed by atoms with van der Waals surface area (Å²) < 4.78 is 0. The molecule has 0 bridgehead atoms. The molecule has 0 atom stereocenters. The molecule has 4 heteroatoms. The zero-order chi connectivity index (χ0) is 15.1.